The summed E-state index contributed by atoms with van der Waals surface area (Å²) in [7, 11) is 0. The zero-order chi connectivity index (χ0) is 15.9. The number of aryl methyl sites for hydroxylation is 2. The van der Waals surface area contributed by atoms with Crippen molar-refractivity contribution in [2.75, 3.05) is 19.8 Å². The minimum atomic E-state index is -4.28. The highest BCUT2D eigenvalue weighted by Gasteiger charge is 2.28. The van der Waals surface area contributed by atoms with Crippen molar-refractivity contribution in [3.8, 4) is 0 Å². The molecule has 0 aliphatic carbocycles. The molecule has 0 bridgehead atoms. The van der Waals surface area contributed by atoms with Crippen LogP contribution in [0.25, 0.3) is 0 Å². The van der Waals surface area contributed by atoms with Crippen LogP contribution in [0.3, 0.4) is 0 Å². The number of nitrogens with one attached hydrogen (secondary N) is 1. The van der Waals surface area contributed by atoms with E-state index >= 15 is 0 Å². The normalized spacial score (nSPS) is 13.4. The van der Waals surface area contributed by atoms with Gasteiger partial charge in [-0.3, -0.25) is 0 Å². The van der Waals surface area contributed by atoms with Crippen molar-refractivity contribution in [3.05, 3.63) is 34.9 Å². The molecule has 0 heterocycles. The van der Waals surface area contributed by atoms with Gasteiger partial charge in [-0.1, -0.05) is 39.0 Å². The van der Waals surface area contributed by atoms with E-state index in [0.717, 1.165) is 18.4 Å². The Kier molecular flexibility index (Phi) is 7.18. The van der Waals surface area contributed by atoms with E-state index in [0.29, 0.717) is 6.54 Å². The van der Waals surface area contributed by atoms with E-state index in [2.05, 4.69) is 31.3 Å². The minimum Gasteiger partial charge on any atom is -0.370 e. The summed E-state index contributed by atoms with van der Waals surface area (Å²) < 4.78 is 41.3. The van der Waals surface area contributed by atoms with Crippen molar-refractivity contribution in [1.29, 1.82) is 0 Å². The van der Waals surface area contributed by atoms with Gasteiger partial charge in [0, 0.05) is 0 Å². The third kappa shape index (κ3) is 6.06. The number of hydrogen-bond donors (Lipinski definition) is 1. The van der Waals surface area contributed by atoms with Crippen molar-refractivity contribution < 1.29 is 17.9 Å². The van der Waals surface area contributed by atoms with Gasteiger partial charge in [-0.2, -0.15) is 13.2 Å². The molecule has 120 valence electrons. The van der Waals surface area contributed by atoms with E-state index in [1.54, 1.807) is 0 Å². The molecular formula is C16H24F3NO. The van der Waals surface area contributed by atoms with E-state index in [4.69, 9.17) is 4.74 Å². The molecule has 0 saturated carbocycles. The van der Waals surface area contributed by atoms with E-state index < -0.39 is 12.8 Å². The Balaban J connectivity index is 2.80. The maximum atomic E-state index is 12.2. The highest BCUT2D eigenvalue weighted by Crippen LogP contribution is 2.21. The first-order valence-electron chi connectivity index (χ1n) is 7.40. The van der Waals surface area contributed by atoms with Crippen molar-refractivity contribution in [1.82, 2.24) is 5.32 Å². The molecule has 1 aromatic carbocycles. The van der Waals surface area contributed by atoms with Crippen LogP contribution in [0.2, 0.25) is 0 Å². The van der Waals surface area contributed by atoms with Gasteiger partial charge in [0.15, 0.2) is 0 Å². The second-order valence-electron chi connectivity index (χ2n) is 4.98. The van der Waals surface area contributed by atoms with E-state index in [-0.39, 0.29) is 12.6 Å². The molecule has 0 aromatic heterocycles. The molecule has 0 spiro atoms. The average Bonchev–Trinajstić information content (AvgIpc) is 2.44. The van der Waals surface area contributed by atoms with Gasteiger partial charge in [-0.25, -0.2) is 0 Å². The molecule has 0 aliphatic rings. The van der Waals surface area contributed by atoms with Gasteiger partial charge in [-0.15, -0.1) is 0 Å². The lowest BCUT2D eigenvalue weighted by Crippen LogP contribution is -2.28. The number of benzene rings is 1. The molecule has 1 unspecified atom stereocenters. The quantitative estimate of drug-likeness (QED) is 0.782. The minimum absolute atomic E-state index is 0.0158. The van der Waals surface area contributed by atoms with Gasteiger partial charge in [0.2, 0.25) is 0 Å². The number of hydrogen-bond acceptors (Lipinski definition) is 2. The van der Waals surface area contributed by atoms with Crippen LogP contribution in [-0.2, 0) is 17.6 Å². The molecule has 21 heavy (non-hydrogen) atoms. The maximum Gasteiger partial charge on any atom is 0.411 e. The van der Waals surface area contributed by atoms with Gasteiger partial charge >= 0.3 is 6.18 Å². The number of ether oxygens (including phenoxy) is 1. The number of alkyl halides is 3. The van der Waals surface area contributed by atoms with Crippen LogP contribution in [-0.4, -0.2) is 25.9 Å². The molecule has 0 aliphatic heterocycles. The standard InChI is InChI=1S/C16H24F3NO/c1-4-12-7-8-14(9-13(12)5-2)15(20-6-3)10-21-11-16(17,18)19/h7-9,15,20H,4-6,10-11H2,1-3H3. The van der Waals surface area contributed by atoms with Crippen LogP contribution in [0.1, 0.15) is 43.5 Å². The highest BCUT2D eigenvalue weighted by molar-refractivity contribution is 5.33. The molecule has 0 saturated heterocycles. The summed E-state index contributed by atoms with van der Waals surface area (Å²) >= 11 is 0. The molecule has 0 amide bonds. The van der Waals surface area contributed by atoms with E-state index in [9.17, 15) is 13.2 Å². The predicted octanol–water partition coefficient (Wildman–Crippen LogP) is 4.04. The fourth-order valence-electron chi connectivity index (χ4n) is 2.35. The smallest absolute Gasteiger partial charge is 0.370 e. The average molecular weight is 303 g/mol. The zero-order valence-corrected chi connectivity index (χ0v) is 12.9. The van der Waals surface area contributed by atoms with Crippen LogP contribution in [0, 0.1) is 0 Å². The summed E-state index contributed by atoms with van der Waals surface area (Å²) in [4.78, 5) is 0. The number of likely N-dealkylation sites (N-methyl/N-ethyl adjacent to an activating group) is 1. The molecule has 1 atom stereocenters. The molecule has 1 aromatic rings. The Morgan fingerprint density at radius 1 is 1.10 bits per heavy atom. The van der Waals surface area contributed by atoms with E-state index in [1.807, 2.05) is 13.0 Å². The lowest BCUT2D eigenvalue weighted by atomic mass is 9.97. The Labute approximate surface area is 124 Å². The molecule has 1 N–H and O–H groups in total. The fourth-order valence-corrected chi connectivity index (χ4v) is 2.35. The Morgan fingerprint density at radius 2 is 1.76 bits per heavy atom. The highest BCUT2D eigenvalue weighted by atomic mass is 19.4. The molecule has 2 nitrogen and oxygen atoms in total. The SMILES string of the molecule is CCNC(COCC(F)(F)F)c1ccc(CC)c(CC)c1. The molecular weight excluding hydrogens is 279 g/mol. The maximum absolute atomic E-state index is 12.2. The summed E-state index contributed by atoms with van der Waals surface area (Å²) in [5.74, 6) is 0. The lowest BCUT2D eigenvalue weighted by Gasteiger charge is -2.20. The summed E-state index contributed by atoms with van der Waals surface area (Å²) in [6.45, 7) is 5.60. The van der Waals surface area contributed by atoms with Gasteiger partial charge in [0.25, 0.3) is 0 Å². The fraction of sp³-hybridized carbons (Fsp3) is 0.625. The Bertz CT molecular complexity index is 432. The van der Waals surface area contributed by atoms with Crippen molar-refractivity contribution in [3.63, 3.8) is 0 Å². The number of rotatable bonds is 8. The van der Waals surface area contributed by atoms with Crippen LogP contribution in [0.4, 0.5) is 13.2 Å². The van der Waals surface area contributed by atoms with Crippen molar-refractivity contribution in [2.45, 2.75) is 45.8 Å². The second kappa shape index (κ2) is 8.39. The monoisotopic (exact) mass is 303 g/mol. The second-order valence-corrected chi connectivity index (χ2v) is 4.98. The van der Waals surface area contributed by atoms with Gasteiger partial charge in [0.05, 0.1) is 12.6 Å². The summed E-state index contributed by atoms with van der Waals surface area (Å²) in [6, 6.07) is 5.89. The van der Waals surface area contributed by atoms with Crippen LogP contribution in [0.5, 0.6) is 0 Å². The first-order valence-corrected chi connectivity index (χ1v) is 7.40. The largest absolute Gasteiger partial charge is 0.411 e. The zero-order valence-electron chi connectivity index (χ0n) is 12.9. The molecule has 1 rings (SSSR count). The summed E-state index contributed by atoms with van der Waals surface area (Å²) in [5, 5.41) is 3.18. The Hall–Kier alpha value is -1.07. The van der Waals surface area contributed by atoms with E-state index in [1.165, 1.54) is 11.1 Å². The summed E-state index contributed by atoms with van der Waals surface area (Å²) in [6.07, 6.45) is -2.41. The van der Waals surface area contributed by atoms with Gasteiger partial charge < -0.3 is 10.1 Å². The predicted molar refractivity (Wildman–Crippen MR) is 78.5 cm³/mol. The molecule has 5 heteroatoms. The number of halogens is 3. The van der Waals surface area contributed by atoms with Gasteiger partial charge in [-0.05, 0) is 36.1 Å². The first kappa shape index (κ1) is 18.0. The molecule has 0 fully saturated rings. The van der Waals surface area contributed by atoms with Crippen LogP contribution >= 0.6 is 0 Å². The van der Waals surface area contributed by atoms with Crippen LogP contribution in [0.15, 0.2) is 18.2 Å². The summed E-state index contributed by atoms with van der Waals surface area (Å²) in [5.41, 5.74) is 3.51. The molecule has 0 radical (unpaired) electrons. The van der Waals surface area contributed by atoms with Crippen molar-refractivity contribution in [2.24, 2.45) is 0 Å². The Morgan fingerprint density at radius 3 is 2.29 bits per heavy atom. The first-order chi connectivity index (χ1) is 9.91. The lowest BCUT2D eigenvalue weighted by molar-refractivity contribution is -0.175. The third-order valence-corrected chi connectivity index (χ3v) is 3.40. The van der Waals surface area contributed by atoms with Crippen molar-refractivity contribution >= 4 is 0 Å². The van der Waals surface area contributed by atoms with Crippen LogP contribution < -0.4 is 5.32 Å². The third-order valence-electron chi connectivity index (χ3n) is 3.40. The van der Waals surface area contributed by atoms with Gasteiger partial charge in [0.1, 0.15) is 6.61 Å². The topological polar surface area (TPSA) is 21.3 Å².